The first-order valence-corrected chi connectivity index (χ1v) is 12.3. The number of piperidine rings is 1. The van der Waals surface area contributed by atoms with Gasteiger partial charge in [0.25, 0.3) is 5.56 Å². The smallest absolute Gasteiger partial charge is 0.387 e. The molecule has 0 radical (unpaired) electrons. The molecule has 1 aromatic carbocycles. The van der Waals surface area contributed by atoms with E-state index in [1.54, 1.807) is 18.2 Å². The highest BCUT2D eigenvalue weighted by atomic mass is 19.3. The van der Waals surface area contributed by atoms with Crippen LogP contribution in [-0.2, 0) is 17.9 Å². The molecule has 3 aromatic rings. The Kier molecular flexibility index (Phi) is 7.02. The van der Waals surface area contributed by atoms with E-state index in [0.29, 0.717) is 25.2 Å². The van der Waals surface area contributed by atoms with Crippen LogP contribution < -0.4 is 21.5 Å². The lowest BCUT2D eigenvalue weighted by atomic mass is 9.83. The van der Waals surface area contributed by atoms with Crippen LogP contribution in [0.2, 0.25) is 0 Å². The van der Waals surface area contributed by atoms with Crippen LogP contribution in [-0.4, -0.2) is 40.2 Å². The summed E-state index contributed by atoms with van der Waals surface area (Å²) >= 11 is 0. The molecule has 38 heavy (non-hydrogen) atoms. The normalized spacial score (nSPS) is 19.7. The summed E-state index contributed by atoms with van der Waals surface area (Å²) in [6.45, 7) is -0.828. The molecule has 2 aromatic heterocycles. The van der Waals surface area contributed by atoms with Gasteiger partial charge in [0, 0.05) is 49.8 Å². The number of pyridine rings is 1. The van der Waals surface area contributed by atoms with Crippen LogP contribution in [0.25, 0.3) is 0 Å². The zero-order valence-electron chi connectivity index (χ0n) is 20.4. The van der Waals surface area contributed by atoms with Crippen LogP contribution in [0.4, 0.5) is 8.78 Å². The average Bonchev–Trinajstić information content (AvgIpc) is 2.85. The third-order valence-electron chi connectivity index (χ3n) is 7.14. The number of primary amides is 1. The van der Waals surface area contributed by atoms with Crippen LogP contribution in [0, 0.1) is 5.92 Å². The van der Waals surface area contributed by atoms with Crippen molar-refractivity contribution in [1.82, 2.24) is 9.47 Å². The SMILES string of the molecule is NC(=O)CC(c1cccc(OC(F)F)c1)c1oc(CN2C[C@H]3C[C@@H](C2)c2cccc(=O)n2C3)cc(=O)c1O. The molecule has 5 rings (SSSR count). The fourth-order valence-electron chi connectivity index (χ4n) is 5.68. The van der Waals surface area contributed by atoms with Gasteiger partial charge in [-0.25, -0.2) is 0 Å². The van der Waals surface area contributed by atoms with E-state index in [2.05, 4.69) is 9.64 Å². The lowest BCUT2D eigenvalue weighted by Crippen LogP contribution is -2.46. The number of likely N-dealkylation sites (tertiary alicyclic amines) is 1. The number of hydrogen-bond donors (Lipinski definition) is 2. The molecule has 1 unspecified atom stereocenters. The predicted molar refractivity (Wildman–Crippen MR) is 132 cm³/mol. The van der Waals surface area contributed by atoms with Gasteiger partial charge in [-0.15, -0.1) is 0 Å². The molecule has 2 aliphatic heterocycles. The predicted octanol–water partition coefficient (Wildman–Crippen LogP) is 2.74. The second kappa shape index (κ2) is 10.4. The van der Waals surface area contributed by atoms with Gasteiger partial charge in [-0.2, -0.15) is 8.78 Å². The summed E-state index contributed by atoms with van der Waals surface area (Å²) in [6.07, 6.45) is 0.625. The maximum atomic E-state index is 12.7. The lowest BCUT2D eigenvalue weighted by Gasteiger charge is -2.42. The highest BCUT2D eigenvalue weighted by Gasteiger charge is 2.35. The number of amides is 1. The number of benzene rings is 1. The van der Waals surface area contributed by atoms with Crippen molar-refractivity contribution in [1.29, 1.82) is 0 Å². The molecule has 3 N–H and O–H groups in total. The number of hydrogen-bond acceptors (Lipinski definition) is 7. The summed E-state index contributed by atoms with van der Waals surface area (Å²) in [4.78, 5) is 39.1. The van der Waals surface area contributed by atoms with E-state index in [4.69, 9.17) is 10.2 Å². The molecule has 11 heteroatoms. The lowest BCUT2D eigenvalue weighted by molar-refractivity contribution is -0.118. The van der Waals surface area contributed by atoms with Gasteiger partial charge in [0.05, 0.1) is 12.5 Å². The highest BCUT2D eigenvalue weighted by molar-refractivity contribution is 5.75. The molecule has 2 bridgehead atoms. The van der Waals surface area contributed by atoms with Gasteiger partial charge >= 0.3 is 6.61 Å². The number of alkyl halides is 2. The third-order valence-corrected chi connectivity index (χ3v) is 7.14. The molecule has 1 saturated heterocycles. The second-order valence-corrected chi connectivity index (χ2v) is 9.86. The summed E-state index contributed by atoms with van der Waals surface area (Å²) in [6, 6.07) is 12.1. The summed E-state index contributed by atoms with van der Waals surface area (Å²) in [5.41, 5.74) is 6.04. The minimum absolute atomic E-state index is 0.0108. The van der Waals surface area contributed by atoms with Gasteiger partial charge in [0.2, 0.25) is 17.1 Å². The Balaban J connectivity index is 1.44. The van der Waals surface area contributed by atoms with Gasteiger partial charge in [0.15, 0.2) is 5.76 Å². The summed E-state index contributed by atoms with van der Waals surface area (Å²) in [5.74, 6) is -2.04. The molecule has 2 aliphatic rings. The fourth-order valence-corrected chi connectivity index (χ4v) is 5.68. The number of ether oxygens (including phenoxy) is 1. The average molecular weight is 528 g/mol. The number of carbonyl (C=O) groups excluding carboxylic acids is 1. The molecule has 0 saturated carbocycles. The number of halogens is 2. The van der Waals surface area contributed by atoms with Crippen molar-refractivity contribution < 1.29 is 27.8 Å². The molecular formula is C27H27F2N3O6. The van der Waals surface area contributed by atoms with Gasteiger partial charge < -0.3 is 24.6 Å². The van der Waals surface area contributed by atoms with E-state index in [9.17, 15) is 28.3 Å². The van der Waals surface area contributed by atoms with Crippen LogP contribution in [0.15, 0.2) is 62.5 Å². The van der Waals surface area contributed by atoms with Crippen molar-refractivity contribution in [3.63, 3.8) is 0 Å². The molecule has 1 fully saturated rings. The molecule has 0 aliphatic carbocycles. The molecule has 9 nitrogen and oxygen atoms in total. The van der Waals surface area contributed by atoms with Crippen molar-refractivity contribution in [3.8, 4) is 11.5 Å². The summed E-state index contributed by atoms with van der Waals surface area (Å²) < 4.78 is 37.8. The van der Waals surface area contributed by atoms with E-state index in [-0.39, 0.29) is 47.6 Å². The van der Waals surface area contributed by atoms with Crippen molar-refractivity contribution in [3.05, 3.63) is 91.9 Å². The van der Waals surface area contributed by atoms with Crippen LogP contribution in [0.3, 0.4) is 0 Å². The van der Waals surface area contributed by atoms with E-state index < -0.39 is 29.6 Å². The van der Waals surface area contributed by atoms with E-state index >= 15 is 0 Å². The molecule has 3 atom stereocenters. The Morgan fingerprint density at radius 2 is 1.92 bits per heavy atom. The Labute approximate surface area is 216 Å². The number of aromatic nitrogens is 1. The van der Waals surface area contributed by atoms with Crippen molar-refractivity contribution in [2.24, 2.45) is 11.7 Å². The summed E-state index contributed by atoms with van der Waals surface area (Å²) in [7, 11) is 0. The monoisotopic (exact) mass is 527 g/mol. The largest absolute Gasteiger partial charge is 0.502 e. The first-order chi connectivity index (χ1) is 18.2. The van der Waals surface area contributed by atoms with E-state index in [0.717, 1.165) is 12.1 Å². The van der Waals surface area contributed by atoms with Crippen molar-refractivity contribution >= 4 is 5.91 Å². The van der Waals surface area contributed by atoms with Gasteiger partial charge in [-0.1, -0.05) is 18.2 Å². The second-order valence-electron chi connectivity index (χ2n) is 9.86. The minimum atomic E-state index is -3.05. The number of nitrogens with two attached hydrogens (primary N) is 1. The highest BCUT2D eigenvalue weighted by Crippen LogP contribution is 2.37. The number of nitrogens with zero attached hydrogens (tertiary/aromatic N) is 2. The van der Waals surface area contributed by atoms with Crippen LogP contribution >= 0.6 is 0 Å². The maximum absolute atomic E-state index is 12.7. The third kappa shape index (κ3) is 5.33. The Morgan fingerprint density at radius 3 is 2.68 bits per heavy atom. The molecule has 200 valence electrons. The molecule has 1 amide bonds. The van der Waals surface area contributed by atoms with Crippen molar-refractivity contribution in [2.75, 3.05) is 13.1 Å². The number of carbonyl (C=O) groups is 1. The van der Waals surface area contributed by atoms with Gasteiger partial charge in [-0.05, 0) is 36.1 Å². The Hall–Kier alpha value is -3.99. The zero-order chi connectivity index (χ0) is 27.0. The maximum Gasteiger partial charge on any atom is 0.387 e. The van der Waals surface area contributed by atoms with Crippen LogP contribution in [0.5, 0.6) is 11.5 Å². The molecular weight excluding hydrogens is 500 g/mol. The molecule has 0 spiro atoms. The van der Waals surface area contributed by atoms with Crippen LogP contribution in [0.1, 0.15) is 47.5 Å². The fraction of sp³-hybridized carbons (Fsp3) is 0.370. The molecule has 4 heterocycles. The number of rotatable bonds is 8. The summed E-state index contributed by atoms with van der Waals surface area (Å²) in [5, 5.41) is 10.6. The number of aromatic hydroxyl groups is 1. The topological polar surface area (TPSA) is 128 Å². The van der Waals surface area contributed by atoms with Gasteiger partial charge in [-0.3, -0.25) is 19.3 Å². The number of fused-ring (bicyclic) bond motifs is 4. The van der Waals surface area contributed by atoms with Crippen molar-refractivity contribution in [2.45, 2.75) is 44.4 Å². The first-order valence-electron chi connectivity index (χ1n) is 12.3. The Bertz CT molecular complexity index is 1470. The van der Waals surface area contributed by atoms with E-state index in [1.807, 2.05) is 10.6 Å². The quantitative estimate of drug-likeness (QED) is 0.461. The van der Waals surface area contributed by atoms with E-state index in [1.165, 1.54) is 24.3 Å². The standard InChI is InChI=1S/C27H27F2N3O6/c28-27(29)38-18-4-1-3-16(8-18)20(10-23(30)34)26-25(36)22(33)9-19(37-26)14-31-11-15-7-17(13-31)21-5-2-6-24(35)32(21)12-15/h1-6,8-9,15,17,20,27,36H,7,10-14H2,(H2,30,34)/t15-,17+,20?/m1/s1. The zero-order valence-corrected chi connectivity index (χ0v) is 20.4. The first kappa shape index (κ1) is 25.7. The Morgan fingerprint density at radius 1 is 1.13 bits per heavy atom. The van der Waals surface area contributed by atoms with Gasteiger partial charge in [0.1, 0.15) is 11.5 Å². The minimum Gasteiger partial charge on any atom is -0.502 e.